The molecule has 44 heavy (non-hydrogen) atoms. The van der Waals surface area contributed by atoms with Gasteiger partial charge < -0.3 is 29.2 Å². The zero-order valence-corrected chi connectivity index (χ0v) is 25.8. The Morgan fingerprint density at radius 1 is 0.932 bits per heavy atom. The van der Waals surface area contributed by atoms with Crippen LogP contribution < -0.4 is 9.64 Å². The molecule has 2 aromatic carbocycles. The van der Waals surface area contributed by atoms with Gasteiger partial charge in [-0.2, -0.15) is 5.10 Å². The predicted molar refractivity (Wildman–Crippen MR) is 165 cm³/mol. The molecule has 7 rings (SSSR count). The smallest absolute Gasteiger partial charge is 0.320 e. The molecule has 0 unspecified atom stereocenters. The highest BCUT2D eigenvalue weighted by Gasteiger charge is 2.42. The van der Waals surface area contributed by atoms with Gasteiger partial charge in [0.05, 0.1) is 12.2 Å². The van der Waals surface area contributed by atoms with E-state index in [1.807, 2.05) is 52.3 Å². The molecule has 230 valence electrons. The van der Waals surface area contributed by atoms with Crippen LogP contribution in [0.3, 0.4) is 0 Å². The third-order valence-corrected chi connectivity index (χ3v) is 9.75. The number of halogens is 1. The summed E-state index contributed by atoms with van der Waals surface area (Å²) in [5, 5.41) is 5.04. The third kappa shape index (κ3) is 4.97. The average Bonchev–Trinajstić information content (AvgIpc) is 3.29. The first-order chi connectivity index (χ1) is 21.3. The van der Waals surface area contributed by atoms with E-state index in [-0.39, 0.29) is 30.1 Å². The maximum absolute atomic E-state index is 14.0. The first kappa shape index (κ1) is 28.7. The summed E-state index contributed by atoms with van der Waals surface area (Å²) >= 11 is 6.68. The molecule has 0 bridgehead atoms. The lowest BCUT2D eigenvalue weighted by atomic mass is 9.96. The molecule has 0 N–H and O–H groups in total. The Kier molecular flexibility index (Phi) is 7.45. The number of carbonyl (C=O) groups is 3. The summed E-state index contributed by atoms with van der Waals surface area (Å²) in [4.78, 5) is 50.3. The highest BCUT2D eigenvalue weighted by atomic mass is 35.5. The summed E-state index contributed by atoms with van der Waals surface area (Å²) in [6, 6.07) is 13.0. The number of aromatic nitrogens is 2. The Bertz CT molecular complexity index is 1620. The second-order valence-corrected chi connectivity index (χ2v) is 12.4. The molecule has 5 heterocycles. The summed E-state index contributed by atoms with van der Waals surface area (Å²) in [5.41, 5.74) is 4.78. The van der Waals surface area contributed by atoms with Crippen molar-refractivity contribution in [2.45, 2.75) is 32.0 Å². The van der Waals surface area contributed by atoms with E-state index in [9.17, 15) is 14.4 Å². The van der Waals surface area contributed by atoms with E-state index in [2.05, 4.69) is 17.0 Å². The standard InChI is InChI=1S/C32H36ClN7O4/c1-35-14-16-37(17-15-35)32(43)38-12-10-23-22(19-38)8-9-26-28(23)36(2)30(41)25(20-44-26)39-13-11-24-27(31(39)42)34-40(29(24)33)18-21-6-4-3-5-7-21/h3-9,25H,10-20H2,1-2H3/t25-/m0/s1. The number of rotatable bonds is 3. The zero-order chi connectivity index (χ0) is 30.5. The first-order valence-corrected chi connectivity index (χ1v) is 15.6. The number of fused-ring (bicyclic) bond motifs is 4. The summed E-state index contributed by atoms with van der Waals surface area (Å²) < 4.78 is 7.90. The topological polar surface area (TPSA) is 94.5 Å². The minimum absolute atomic E-state index is 0.0442. The second kappa shape index (κ2) is 11.4. The van der Waals surface area contributed by atoms with Gasteiger partial charge in [0.25, 0.3) is 11.8 Å². The van der Waals surface area contributed by atoms with Crippen molar-refractivity contribution in [3.05, 3.63) is 75.6 Å². The maximum Gasteiger partial charge on any atom is 0.320 e. The molecule has 11 nitrogen and oxygen atoms in total. The fourth-order valence-corrected chi connectivity index (χ4v) is 7.04. The number of anilines is 1. The van der Waals surface area contributed by atoms with E-state index in [0.717, 1.165) is 48.6 Å². The van der Waals surface area contributed by atoms with Gasteiger partial charge in [0.1, 0.15) is 23.6 Å². The van der Waals surface area contributed by atoms with E-state index < -0.39 is 6.04 Å². The molecule has 1 fully saturated rings. The molecule has 0 aliphatic carbocycles. The van der Waals surface area contributed by atoms with Crippen LogP contribution in [0.2, 0.25) is 5.15 Å². The molecular weight excluding hydrogens is 582 g/mol. The van der Waals surface area contributed by atoms with E-state index in [1.54, 1.807) is 21.5 Å². The van der Waals surface area contributed by atoms with Gasteiger partial charge in [0.2, 0.25) is 0 Å². The number of amides is 4. The number of urea groups is 1. The maximum atomic E-state index is 14.0. The molecule has 0 spiro atoms. The van der Waals surface area contributed by atoms with E-state index in [0.29, 0.717) is 55.5 Å². The second-order valence-electron chi connectivity index (χ2n) is 12.0. The molecule has 4 amide bonds. The Morgan fingerprint density at radius 2 is 1.68 bits per heavy atom. The van der Waals surface area contributed by atoms with Crippen molar-refractivity contribution in [2.24, 2.45) is 0 Å². The van der Waals surface area contributed by atoms with Crippen molar-refractivity contribution >= 4 is 35.1 Å². The number of ether oxygens (including phenoxy) is 1. The Labute approximate surface area is 261 Å². The molecule has 0 saturated carbocycles. The highest BCUT2D eigenvalue weighted by Crippen LogP contribution is 2.40. The van der Waals surface area contributed by atoms with Gasteiger partial charge in [0, 0.05) is 58.4 Å². The molecule has 1 saturated heterocycles. The normalized spacial score (nSPS) is 20.6. The van der Waals surface area contributed by atoms with Crippen LogP contribution in [0.15, 0.2) is 42.5 Å². The van der Waals surface area contributed by atoms with E-state index >= 15 is 0 Å². The molecule has 0 radical (unpaired) electrons. The minimum atomic E-state index is -0.805. The largest absolute Gasteiger partial charge is 0.489 e. The van der Waals surface area contributed by atoms with Gasteiger partial charge >= 0.3 is 6.03 Å². The summed E-state index contributed by atoms with van der Waals surface area (Å²) in [6.45, 7) is 5.09. The van der Waals surface area contributed by atoms with Crippen LogP contribution in [0.5, 0.6) is 5.75 Å². The number of nitrogens with zero attached hydrogens (tertiary/aromatic N) is 7. The van der Waals surface area contributed by atoms with Gasteiger partial charge in [-0.1, -0.05) is 48.0 Å². The van der Waals surface area contributed by atoms with Gasteiger partial charge in [-0.25, -0.2) is 9.48 Å². The number of hydrogen-bond acceptors (Lipinski definition) is 6. The number of carbonyl (C=O) groups excluding carboxylic acids is 3. The number of hydrogen-bond donors (Lipinski definition) is 0. The zero-order valence-electron chi connectivity index (χ0n) is 25.0. The lowest BCUT2D eigenvalue weighted by molar-refractivity contribution is -0.123. The van der Waals surface area contributed by atoms with Crippen molar-refractivity contribution < 1.29 is 19.1 Å². The van der Waals surface area contributed by atoms with Gasteiger partial charge in [0.15, 0.2) is 5.69 Å². The fraction of sp³-hybridized carbons (Fsp3) is 0.438. The minimum Gasteiger partial charge on any atom is -0.489 e. The lowest BCUT2D eigenvalue weighted by Gasteiger charge is -2.38. The lowest BCUT2D eigenvalue weighted by Crippen LogP contribution is -2.54. The molecule has 12 heteroatoms. The van der Waals surface area contributed by atoms with Crippen molar-refractivity contribution in [2.75, 3.05) is 64.9 Å². The Hall–Kier alpha value is -4.09. The SMILES string of the molecule is CN1CCN(C(=O)N2CCc3c(ccc4c3N(C)C(=O)[C@@H](N3CCc5c(nn(Cc6ccccc6)c5Cl)C3=O)CO4)C2)CC1. The van der Waals surface area contributed by atoms with Crippen LogP contribution in [-0.2, 0) is 30.7 Å². The molecule has 4 aliphatic heterocycles. The van der Waals surface area contributed by atoms with Crippen LogP contribution >= 0.6 is 11.6 Å². The van der Waals surface area contributed by atoms with Gasteiger partial charge in [-0.15, -0.1) is 0 Å². The number of benzene rings is 2. The molecule has 1 atom stereocenters. The average molecular weight is 618 g/mol. The third-order valence-electron chi connectivity index (χ3n) is 9.33. The molecule has 3 aromatic rings. The monoisotopic (exact) mass is 617 g/mol. The van der Waals surface area contributed by atoms with Crippen molar-refractivity contribution in [3.8, 4) is 5.75 Å². The van der Waals surface area contributed by atoms with Crippen LogP contribution in [0.4, 0.5) is 10.5 Å². The van der Waals surface area contributed by atoms with E-state index in [4.69, 9.17) is 16.3 Å². The molecular formula is C32H36ClN7O4. The Morgan fingerprint density at radius 3 is 2.45 bits per heavy atom. The van der Waals surface area contributed by atoms with Crippen LogP contribution in [0.1, 0.15) is 32.7 Å². The number of piperazine rings is 1. The van der Waals surface area contributed by atoms with Crippen LogP contribution in [0, 0.1) is 0 Å². The quantitative estimate of drug-likeness (QED) is 0.449. The van der Waals surface area contributed by atoms with Crippen molar-refractivity contribution in [3.63, 3.8) is 0 Å². The summed E-state index contributed by atoms with van der Waals surface area (Å²) in [5.74, 6) is 0.0855. The predicted octanol–water partition coefficient (Wildman–Crippen LogP) is 2.73. The molecule has 4 aliphatic rings. The Balaban J connectivity index is 1.09. The van der Waals surface area contributed by atoms with E-state index in [1.165, 1.54) is 0 Å². The number of likely N-dealkylation sites (N-methyl/N-ethyl adjacent to an activating group) is 2. The van der Waals surface area contributed by atoms with Gasteiger partial charge in [-0.05, 0) is 42.6 Å². The van der Waals surface area contributed by atoms with Crippen LogP contribution in [-0.4, -0.2) is 113 Å². The fourth-order valence-electron chi connectivity index (χ4n) is 6.76. The van der Waals surface area contributed by atoms with Gasteiger partial charge in [-0.3, -0.25) is 9.59 Å². The summed E-state index contributed by atoms with van der Waals surface area (Å²) in [7, 11) is 3.82. The van der Waals surface area contributed by atoms with Crippen LogP contribution in [0.25, 0.3) is 0 Å². The first-order valence-electron chi connectivity index (χ1n) is 15.2. The van der Waals surface area contributed by atoms with Crippen molar-refractivity contribution in [1.82, 2.24) is 29.4 Å². The molecule has 1 aromatic heterocycles. The summed E-state index contributed by atoms with van der Waals surface area (Å²) in [6.07, 6.45) is 1.12. The highest BCUT2D eigenvalue weighted by molar-refractivity contribution is 6.31. The van der Waals surface area contributed by atoms with Crippen molar-refractivity contribution in [1.29, 1.82) is 0 Å².